The molecule has 0 bridgehead atoms. The van der Waals surface area contributed by atoms with Gasteiger partial charge < -0.3 is 14.8 Å². The molecular weight excluding hydrogens is 569 g/mol. The molecule has 208 valence electrons. The van der Waals surface area contributed by atoms with Crippen LogP contribution in [0.4, 0.5) is 18.9 Å². The van der Waals surface area contributed by atoms with E-state index in [9.17, 15) is 18.0 Å². The van der Waals surface area contributed by atoms with Gasteiger partial charge in [0, 0.05) is 6.20 Å². The quantitative estimate of drug-likeness (QED) is 0.213. The van der Waals surface area contributed by atoms with E-state index in [4.69, 9.17) is 21.1 Å². The van der Waals surface area contributed by atoms with Crippen molar-refractivity contribution in [3.63, 3.8) is 0 Å². The van der Waals surface area contributed by atoms with Gasteiger partial charge in [-0.2, -0.15) is 23.4 Å². The Morgan fingerprint density at radius 1 is 1.12 bits per heavy atom. The summed E-state index contributed by atoms with van der Waals surface area (Å²) in [5.41, 5.74) is -0.519. The number of carbonyl (C=O) groups is 1. The smallest absolute Gasteiger partial charge is 0.433 e. The van der Waals surface area contributed by atoms with Gasteiger partial charge in [-0.25, -0.2) is 9.50 Å². The first-order valence-corrected chi connectivity index (χ1v) is 13.4. The summed E-state index contributed by atoms with van der Waals surface area (Å²) in [6.45, 7) is 5.10. The lowest BCUT2D eigenvalue weighted by atomic mass is 10.2. The molecule has 0 fully saturated rings. The fourth-order valence-corrected chi connectivity index (χ4v) is 4.91. The highest BCUT2D eigenvalue weighted by molar-refractivity contribution is 7.13. The average molecular weight is 591 g/mol. The molecule has 0 aliphatic rings. The molecule has 14 heteroatoms. The number of carbonyl (C=O) groups excluding carboxylic acids is 1. The van der Waals surface area contributed by atoms with Gasteiger partial charge in [0.05, 0.1) is 42.2 Å². The number of halogens is 4. The summed E-state index contributed by atoms with van der Waals surface area (Å²) in [4.78, 5) is 17.8. The van der Waals surface area contributed by atoms with E-state index in [1.54, 1.807) is 28.4 Å². The van der Waals surface area contributed by atoms with Crippen molar-refractivity contribution in [2.24, 2.45) is 0 Å². The fraction of sp³-hybridized carbons (Fsp3) is 0.231. The summed E-state index contributed by atoms with van der Waals surface area (Å²) in [5, 5.41) is 12.1. The van der Waals surface area contributed by atoms with Crippen molar-refractivity contribution in [3.05, 3.63) is 76.1 Å². The van der Waals surface area contributed by atoms with Crippen LogP contribution in [0.1, 0.15) is 35.6 Å². The summed E-state index contributed by atoms with van der Waals surface area (Å²) >= 11 is 7.58. The molecular formula is C26H22ClF3N6O3S. The first-order chi connectivity index (χ1) is 19.2. The standard InChI is InChI=1S/C26H22ClF3N6O3S/c1-3-38-18-8-7-15(10-19(18)39-4-2)13-35-14-16(12-31-35)32-25(37)23-22(27)24-33-17(20-6-5-9-40-20)11-21(26(28,29)30)36(24)34-23/h5-12,14H,3-4,13H2,1-2H3,(H,32,37). The molecule has 0 atom stereocenters. The zero-order valence-corrected chi connectivity index (χ0v) is 22.8. The van der Waals surface area contributed by atoms with E-state index in [0.29, 0.717) is 46.3 Å². The molecule has 0 spiro atoms. The topological polar surface area (TPSA) is 95.6 Å². The number of fused-ring (bicyclic) bond motifs is 1. The Bertz CT molecular complexity index is 1670. The van der Waals surface area contributed by atoms with Gasteiger partial charge >= 0.3 is 6.18 Å². The number of aromatic nitrogens is 5. The minimum absolute atomic E-state index is 0.0756. The van der Waals surface area contributed by atoms with Gasteiger partial charge in [-0.1, -0.05) is 23.7 Å². The lowest BCUT2D eigenvalue weighted by Crippen LogP contribution is -2.15. The van der Waals surface area contributed by atoms with Crippen molar-refractivity contribution in [1.82, 2.24) is 24.4 Å². The molecule has 1 amide bonds. The number of ether oxygens (including phenoxy) is 2. The number of hydrogen-bond donors (Lipinski definition) is 1. The van der Waals surface area contributed by atoms with E-state index < -0.39 is 23.5 Å². The van der Waals surface area contributed by atoms with E-state index in [1.165, 1.54) is 17.5 Å². The Morgan fingerprint density at radius 3 is 2.60 bits per heavy atom. The lowest BCUT2D eigenvalue weighted by molar-refractivity contribution is -0.142. The van der Waals surface area contributed by atoms with Crippen molar-refractivity contribution in [2.45, 2.75) is 26.6 Å². The molecule has 4 aromatic heterocycles. The molecule has 0 radical (unpaired) electrons. The van der Waals surface area contributed by atoms with Gasteiger partial charge in [0.2, 0.25) is 0 Å². The van der Waals surface area contributed by atoms with Gasteiger partial charge in [0.25, 0.3) is 5.91 Å². The van der Waals surface area contributed by atoms with Crippen molar-refractivity contribution in [1.29, 1.82) is 0 Å². The summed E-state index contributed by atoms with van der Waals surface area (Å²) in [5.74, 6) is 0.440. The number of benzene rings is 1. The number of rotatable bonds is 9. The molecule has 0 saturated heterocycles. The summed E-state index contributed by atoms with van der Waals surface area (Å²) in [6, 6.07) is 9.76. The SMILES string of the molecule is CCOc1ccc(Cn2cc(NC(=O)c3nn4c(C(F)(F)F)cc(-c5cccs5)nc4c3Cl)cn2)cc1OCC. The predicted molar refractivity (Wildman–Crippen MR) is 144 cm³/mol. The van der Waals surface area contributed by atoms with Crippen LogP contribution in [0.5, 0.6) is 11.5 Å². The molecule has 0 aliphatic heterocycles. The van der Waals surface area contributed by atoms with E-state index in [1.807, 2.05) is 32.0 Å². The van der Waals surface area contributed by atoms with Crippen LogP contribution in [0.3, 0.4) is 0 Å². The second kappa shape index (κ2) is 11.2. The zero-order valence-electron chi connectivity index (χ0n) is 21.2. The van der Waals surface area contributed by atoms with Crippen LogP contribution in [0.25, 0.3) is 16.2 Å². The minimum atomic E-state index is -4.76. The molecule has 9 nitrogen and oxygen atoms in total. The minimum Gasteiger partial charge on any atom is -0.490 e. The van der Waals surface area contributed by atoms with Crippen molar-refractivity contribution in [2.75, 3.05) is 18.5 Å². The summed E-state index contributed by atoms with van der Waals surface area (Å²) in [7, 11) is 0. The molecule has 5 aromatic rings. The third-order valence-electron chi connectivity index (χ3n) is 5.66. The molecule has 0 aliphatic carbocycles. The summed E-state index contributed by atoms with van der Waals surface area (Å²) < 4.78 is 55.0. The Morgan fingerprint density at radius 2 is 1.90 bits per heavy atom. The third kappa shape index (κ3) is 5.61. The number of nitrogens with one attached hydrogen (secondary N) is 1. The third-order valence-corrected chi connectivity index (χ3v) is 6.90. The summed E-state index contributed by atoms with van der Waals surface area (Å²) in [6.07, 6.45) is -1.78. The number of nitrogens with zero attached hydrogens (tertiary/aromatic N) is 5. The molecule has 5 rings (SSSR count). The molecule has 0 saturated carbocycles. The maximum Gasteiger partial charge on any atom is 0.433 e. The normalized spacial score (nSPS) is 11.7. The van der Waals surface area contributed by atoms with Crippen LogP contribution >= 0.6 is 22.9 Å². The maximum atomic E-state index is 13.9. The highest BCUT2D eigenvalue weighted by Gasteiger charge is 2.37. The Labute approximate surface area is 235 Å². The van der Waals surface area contributed by atoms with Gasteiger partial charge in [-0.05, 0) is 49.1 Å². The lowest BCUT2D eigenvalue weighted by Gasteiger charge is -2.12. The molecule has 1 N–H and O–H groups in total. The van der Waals surface area contributed by atoms with Gasteiger partial charge in [0.15, 0.2) is 28.5 Å². The van der Waals surface area contributed by atoms with E-state index in [-0.39, 0.29) is 16.4 Å². The number of amides is 1. The number of thiophene rings is 1. The average Bonchev–Trinajstić information content (AvgIpc) is 3.66. The Balaban J connectivity index is 1.39. The predicted octanol–water partition coefficient (Wildman–Crippen LogP) is 6.42. The van der Waals surface area contributed by atoms with E-state index >= 15 is 0 Å². The van der Waals surface area contributed by atoms with E-state index in [2.05, 4.69) is 20.5 Å². The molecule has 4 heterocycles. The highest BCUT2D eigenvalue weighted by atomic mass is 35.5. The van der Waals surface area contributed by atoms with Crippen LogP contribution in [0, 0.1) is 0 Å². The molecule has 1 aromatic carbocycles. The van der Waals surface area contributed by atoms with Crippen LogP contribution in [-0.2, 0) is 12.7 Å². The maximum absolute atomic E-state index is 13.9. The van der Waals surface area contributed by atoms with Crippen LogP contribution in [0.2, 0.25) is 5.02 Å². The zero-order chi connectivity index (χ0) is 28.4. The van der Waals surface area contributed by atoms with Crippen molar-refractivity contribution < 1.29 is 27.4 Å². The van der Waals surface area contributed by atoms with Crippen molar-refractivity contribution in [3.8, 4) is 22.1 Å². The van der Waals surface area contributed by atoms with Crippen LogP contribution in [0.15, 0.2) is 54.2 Å². The van der Waals surface area contributed by atoms with Crippen LogP contribution < -0.4 is 14.8 Å². The van der Waals surface area contributed by atoms with Crippen molar-refractivity contribution >= 4 is 40.2 Å². The van der Waals surface area contributed by atoms with Gasteiger partial charge in [0.1, 0.15) is 5.02 Å². The number of hydrogen-bond acceptors (Lipinski definition) is 7. The fourth-order valence-electron chi connectivity index (χ4n) is 3.97. The Kier molecular flexibility index (Phi) is 7.68. The van der Waals surface area contributed by atoms with E-state index in [0.717, 1.165) is 11.6 Å². The second-order valence-electron chi connectivity index (χ2n) is 8.43. The first-order valence-electron chi connectivity index (χ1n) is 12.1. The first kappa shape index (κ1) is 27.5. The molecule has 0 unspecified atom stereocenters. The number of alkyl halides is 3. The van der Waals surface area contributed by atoms with Crippen LogP contribution in [-0.4, -0.2) is 43.5 Å². The second-order valence-corrected chi connectivity index (χ2v) is 9.75. The number of anilines is 1. The highest BCUT2D eigenvalue weighted by Crippen LogP contribution is 2.35. The van der Waals surface area contributed by atoms with Gasteiger partial charge in [-0.15, -0.1) is 11.3 Å². The molecule has 40 heavy (non-hydrogen) atoms. The largest absolute Gasteiger partial charge is 0.490 e. The monoisotopic (exact) mass is 590 g/mol. The Hall–Kier alpha value is -4.10. The van der Waals surface area contributed by atoms with Gasteiger partial charge in [-0.3, -0.25) is 9.48 Å².